The van der Waals surface area contributed by atoms with Crippen molar-refractivity contribution in [2.75, 3.05) is 19.6 Å². The Morgan fingerprint density at radius 1 is 1.17 bits per heavy atom. The quantitative estimate of drug-likeness (QED) is 0.907. The monoisotopic (exact) mass is 347 g/mol. The zero-order valence-corrected chi connectivity index (χ0v) is 14.8. The lowest BCUT2D eigenvalue weighted by Gasteiger charge is -2.29. The molecule has 2 amide bonds. The number of nitrogens with zero attached hydrogens (tertiary/aromatic N) is 2. The van der Waals surface area contributed by atoms with E-state index < -0.39 is 0 Å². The third-order valence-corrected chi connectivity index (χ3v) is 6.68. The summed E-state index contributed by atoms with van der Waals surface area (Å²) in [5.41, 5.74) is 1.28. The first-order valence-electron chi connectivity index (χ1n) is 9.07. The number of hydrogen-bond donors (Lipinski definition) is 1. The Bertz CT molecular complexity index is 616. The molecule has 0 aliphatic carbocycles. The maximum atomic E-state index is 12.7. The van der Waals surface area contributed by atoms with Crippen LogP contribution in [-0.4, -0.2) is 53.3 Å². The molecule has 130 valence electrons. The Balaban J connectivity index is 1.32. The topological polar surface area (TPSA) is 52.7 Å². The minimum atomic E-state index is 0.125. The van der Waals surface area contributed by atoms with E-state index in [0.29, 0.717) is 31.5 Å². The van der Waals surface area contributed by atoms with Gasteiger partial charge in [0.05, 0.1) is 0 Å². The maximum Gasteiger partial charge on any atom is 0.223 e. The van der Waals surface area contributed by atoms with Gasteiger partial charge in [0.25, 0.3) is 0 Å². The van der Waals surface area contributed by atoms with Gasteiger partial charge >= 0.3 is 0 Å². The van der Waals surface area contributed by atoms with Crippen LogP contribution in [0.25, 0.3) is 0 Å². The van der Waals surface area contributed by atoms with Gasteiger partial charge in [0.15, 0.2) is 0 Å². The SMILES string of the molecule is O=C(CCC(=O)N1C2CCNCC1CC2)N1CCc2sccc2C1. The summed E-state index contributed by atoms with van der Waals surface area (Å²) >= 11 is 1.78. The summed E-state index contributed by atoms with van der Waals surface area (Å²) in [5, 5.41) is 5.52. The van der Waals surface area contributed by atoms with Crippen LogP contribution in [0.3, 0.4) is 0 Å². The minimum absolute atomic E-state index is 0.125. The molecule has 0 spiro atoms. The van der Waals surface area contributed by atoms with Crippen LogP contribution in [0.5, 0.6) is 0 Å². The molecule has 0 radical (unpaired) electrons. The van der Waals surface area contributed by atoms with Crippen molar-refractivity contribution in [1.29, 1.82) is 0 Å². The van der Waals surface area contributed by atoms with E-state index in [1.165, 1.54) is 10.4 Å². The van der Waals surface area contributed by atoms with Crippen molar-refractivity contribution in [2.45, 2.75) is 57.2 Å². The highest BCUT2D eigenvalue weighted by Crippen LogP contribution is 2.29. The molecule has 2 bridgehead atoms. The molecule has 0 aromatic carbocycles. The van der Waals surface area contributed by atoms with Gasteiger partial charge in [0.1, 0.15) is 0 Å². The molecule has 1 N–H and O–H groups in total. The molecule has 2 fully saturated rings. The molecule has 4 heterocycles. The zero-order chi connectivity index (χ0) is 16.5. The highest BCUT2D eigenvalue weighted by Gasteiger charge is 2.37. The number of carbonyl (C=O) groups excluding carboxylic acids is 2. The first-order chi connectivity index (χ1) is 11.7. The van der Waals surface area contributed by atoms with Crippen LogP contribution in [0.1, 0.15) is 42.5 Å². The van der Waals surface area contributed by atoms with Gasteiger partial charge < -0.3 is 15.1 Å². The fourth-order valence-corrected chi connectivity index (χ4v) is 5.24. The average Bonchev–Trinajstić information content (AvgIpc) is 3.14. The fourth-order valence-electron chi connectivity index (χ4n) is 4.35. The molecule has 3 aliphatic heterocycles. The van der Waals surface area contributed by atoms with Crippen LogP contribution >= 0.6 is 11.3 Å². The molecule has 2 atom stereocenters. The Morgan fingerprint density at radius 2 is 2.00 bits per heavy atom. The number of hydrogen-bond acceptors (Lipinski definition) is 4. The lowest BCUT2D eigenvalue weighted by molar-refractivity contribution is -0.139. The van der Waals surface area contributed by atoms with Crippen LogP contribution in [0.15, 0.2) is 11.4 Å². The normalized spacial score (nSPS) is 26.2. The van der Waals surface area contributed by atoms with Crippen molar-refractivity contribution in [3.8, 4) is 0 Å². The Kier molecular flexibility index (Phi) is 4.59. The summed E-state index contributed by atoms with van der Waals surface area (Å²) in [4.78, 5) is 30.6. The van der Waals surface area contributed by atoms with E-state index in [0.717, 1.165) is 45.3 Å². The average molecular weight is 347 g/mol. The summed E-state index contributed by atoms with van der Waals surface area (Å²) in [6.45, 7) is 3.41. The molecule has 2 unspecified atom stereocenters. The Labute approximate surface area is 147 Å². The van der Waals surface area contributed by atoms with Gasteiger partial charge in [0, 0.05) is 49.4 Å². The van der Waals surface area contributed by atoms with Crippen LogP contribution < -0.4 is 5.32 Å². The number of nitrogens with one attached hydrogen (secondary N) is 1. The minimum Gasteiger partial charge on any atom is -0.338 e. The maximum absolute atomic E-state index is 12.7. The highest BCUT2D eigenvalue weighted by atomic mass is 32.1. The van der Waals surface area contributed by atoms with Gasteiger partial charge in [-0.15, -0.1) is 11.3 Å². The van der Waals surface area contributed by atoms with Crippen LogP contribution in [-0.2, 0) is 22.6 Å². The number of fused-ring (bicyclic) bond motifs is 3. The van der Waals surface area contributed by atoms with E-state index in [4.69, 9.17) is 0 Å². The largest absolute Gasteiger partial charge is 0.338 e. The van der Waals surface area contributed by atoms with E-state index in [-0.39, 0.29) is 11.8 Å². The van der Waals surface area contributed by atoms with Gasteiger partial charge in [-0.25, -0.2) is 0 Å². The van der Waals surface area contributed by atoms with Gasteiger partial charge in [-0.2, -0.15) is 0 Å². The molecule has 5 nitrogen and oxygen atoms in total. The summed E-state index contributed by atoms with van der Waals surface area (Å²) in [6.07, 6.45) is 4.93. The van der Waals surface area contributed by atoms with E-state index >= 15 is 0 Å². The van der Waals surface area contributed by atoms with Crippen molar-refractivity contribution in [1.82, 2.24) is 15.1 Å². The van der Waals surface area contributed by atoms with Crippen LogP contribution in [0, 0.1) is 0 Å². The van der Waals surface area contributed by atoms with Gasteiger partial charge in [-0.05, 0) is 49.2 Å². The highest BCUT2D eigenvalue weighted by molar-refractivity contribution is 7.10. The molecule has 1 aromatic rings. The molecule has 24 heavy (non-hydrogen) atoms. The number of carbonyl (C=O) groups is 2. The molecule has 1 aromatic heterocycles. The van der Waals surface area contributed by atoms with Crippen molar-refractivity contribution < 1.29 is 9.59 Å². The molecule has 4 rings (SSSR count). The van der Waals surface area contributed by atoms with Crippen LogP contribution in [0.4, 0.5) is 0 Å². The molecule has 6 heteroatoms. The number of thiophene rings is 1. The van der Waals surface area contributed by atoms with Gasteiger partial charge in [-0.1, -0.05) is 0 Å². The van der Waals surface area contributed by atoms with Crippen molar-refractivity contribution in [2.24, 2.45) is 0 Å². The second kappa shape index (κ2) is 6.84. The third-order valence-electron chi connectivity index (χ3n) is 5.66. The van der Waals surface area contributed by atoms with Crippen LogP contribution in [0.2, 0.25) is 0 Å². The standard InChI is InChI=1S/C18H25N3O2S/c22-17(20-9-6-16-13(12-20)7-10-24-16)3-4-18(23)21-14-1-2-15(21)11-19-8-5-14/h7,10,14-15,19H,1-6,8-9,11-12H2. The lowest BCUT2D eigenvalue weighted by Crippen LogP contribution is -2.43. The first kappa shape index (κ1) is 16.1. The Morgan fingerprint density at radius 3 is 2.92 bits per heavy atom. The predicted molar refractivity (Wildman–Crippen MR) is 93.8 cm³/mol. The summed E-state index contributed by atoms with van der Waals surface area (Å²) in [5.74, 6) is 0.299. The van der Waals surface area contributed by atoms with E-state index in [2.05, 4.69) is 21.7 Å². The van der Waals surface area contributed by atoms with E-state index in [9.17, 15) is 9.59 Å². The second-order valence-electron chi connectivity index (χ2n) is 7.11. The van der Waals surface area contributed by atoms with Crippen molar-refractivity contribution in [3.05, 3.63) is 21.9 Å². The second-order valence-corrected chi connectivity index (χ2v) is 8.11. The molecule has 3 aliphatic rings. The number of amides is 2. The Hall–Kier alpha value is -1.40. The predicted octanol–water partition coefficient (Wildman–Crippen LogP) is 1.77. The van der Waals surface area contributed by atoms with Gasteiger partial charge in [0.2, 0.25) is 11.8 Å². The summed E-state index contributed by atoms with van der Waals surface area (Å²) in [7, 11) is 0. The molecular weight excluding hydrogens is 322 g/mol. The molecule has 0 saturated carbocycles. The molecular formula is C18H25N3O2S. The van der Waals surface area contributed by atoms with Crippen molar-refractivity contribution in [3.63, 3.8) is 0 Å². The third kappa shape index (κ3) is 3.09. The fraction of sp³-hybridized carbons (Fsp3) is 0.667. The van der Waals surface area contributed by atoms with Gasteiger partial charge in [-0.3, -0.25) is 9.59 Å². The van der Waals surface area contributed by atoms with E-state index in [1.807, 2.05) is 4.90 Å². The molecule has 2 saturated heterocycles. The first-order valence-corrected chi connectivity index (χ1v) is 9.95. The zero-order valence-electron chi connectivity index (χ0n) is 14.0. The van der Waals surface area contributed by atoms with Crippen molar-refractivity contribution >= 4 is 23.2 Å². The summed E-state index contributed by atoms with van der Waals surface area (Å²) in [6, 6.07) is 2.84. The van der Waals surface area contributed by atoms with E-state index in [1.54, 1.807) is 11.3 Å². The number of rotatable bonds is 3. The summed E-state index contributed by atoms with van der Waals surface area (Å²) < 4.78 is 0. The smallest absolute Gasteiger partial charge is 0.223 e. The lowest BCUT2D eigenvalue weighted by atomic mass is 10.1.